The zero-order chi connectivity index (χ0) is 21.0. The monoisotopic (exact) mass is 412 g/mol. The molecule has 0 amide bonds. The van der Waals surface area contributed by atoms with Gasteiger partial charge in [0.1, 0.15) is 5.56 Å². The Labute approximate surface area is 170 Å². The lowest BCUT2D eigenvalue weighted by molar-refractivity contribution is 0.0516. The number of amidine groups is 1. The highest BCUT2D eigenvalue weighted by Crippen LogP contribution is 2.10. The van der Waals surface area contributed by atoms with Crippen LogP contribution in [-0.4, -0.2) is 20.9 Å². The van der Waals surface area contributed by atoms with E-state index in [1.807, 2.05) is 6.07 Å². The summed E-state index contributed by atoms with van der Waals surface area (Å²) >= 11 is 5.78. The minimum atomic E-state index is -0.765. The fraction of sp³-hybridized carbons (Fsp3) is 0.100. The molecule has 0 aliphatic rings. The summed E-state index contributed by atoms with van der Waals surface area (Å²) < 4.78 is 2.25. The quantitative estimate of drug-likeness (QED) is 0.297. The first-order valence-corrected chi connectivity index (χ1v) is 8.90. The maximum atomic E-state index is 12.8. The molecule has 2 aromatic carbocycles. The summed E-state index contributed by atoms with van der Waals surface area (Å²) in [5, 5.41) is 4.02. The molecule has 3 rings (SSSR count). The van der Waals surface area contributed by atoms with Crippen LogP contribution in [0.1, 0.15) is 21.5 Å². The molecule has 148 valence electrons. The van der Waals surface area contributed by atoms with E-state index < -0.39 is 17.2 Å². The topological polar surface area (TPSA) is 109 Å². The third kappa shape index (κ3) is 4.61. The largest absolute Gasteiger partial charge is 0.380 e. The predicted octanol–water partition coefficient (Wildman–Crippen LogP) is 1.73. The molecule has 0 unspecified atom stereocenters. The Hall–Kier alpha value is -3.65. The van der Waals surface area contributed by atoms with E-state index in [-0.39, 0.29) is 23.5 Å². The van der Waals surface area contributed by atoms with Gasteiger partial charge < -0.3 is 15.1 Å². The van der Waals surface area contributed by atoms with E-state index in [4.69, 9.17) is 22.2 Å². The first kappa shape index (κ1) is 20.1. The fourth-order valence-electron chi connectivity index (χ4n) is 2.59. The number of nitrogens with zero attached hydrogens (tertiary/aromatic N) is 3. The van der Waals surface area contributed by atoms with E-state index >= 15 is 0 Å². The predicted molar refractivity (Wildman–Crippen MR) is 109 cm³/mol. The Balaban J connectivity index is 1.90. The number of halogens is 1. The molecular formula is C20H17ClN4O4. The first-order chi connectivity index (χ1) is 13.9. The molecule has 0 atom stereocenters. The second kappa shape index (κ2) is 8.57. The van der Waals surface area contributed by atoms with Crippen LogP contribution in [0, 0.1) is 0 Å². The highest BCUT2D eigenvalue weighted by Gasteiger charge is 2.15. The number of benzene rings is 2. The van der Waals surface area contributed by atoms with Crippen LogP contribution in [0.2, 0.25) is 5.02 Å². The van der Waals surface area contributed by atoms with Crippen molar-refractivity contribution in [1.29, 1.82) is 0 Å². The third-order valence-corrected chi connectivity index (χ3v) is 4.35. The Bertz CT molecular complexity index is 1180. The maximum absolute atomic E-state index is 12.8. The standard InChI is InChI=1S/C20H17ClN4O4/c1-24-12-16(17(22)23-29-19(27)14-7-9-15(21)10-8-14)18(26)25(20(24)28)11-13-5-3-2-4-6-13/h2-10,12H,11H2,1H3,(H2,22,23). The zero-order valence-corrected chi connectivity index (χ0v) is 16.2. The summed E-state index contributed by atoms with van der Waals surface area (Å²) in [5.41, 5.74) is 5.63. The van der Waals surface area contributed by atoms with Crippen molar-refractivity contribution in [2.75, 3.05) is 0 Å². The summed E-state index contributed by atoms with van der Waals surface area (Å²) in [6.07, 6.45) is 1.25. The summed E-state index contributed by atoms with van der Waals surface area (Å²) in [6, 6.07) is 15.0. The van der Waals surface area contributed by atoms with Crippen LogP contribution in [0.15, 0.2) is 75.5 Å². The molecule has 0 radical (unpaired) electrons. The lowest BCUT2D eigenvalue weighted by Gasteiger charge is -2.10. The van der Waals surface area contributed by atoms with Crippen molar-refractivity contribution >= 4 is 23.4 Å². The second-order valence-electron chi connectivity index (χ2n) is 6.18. The molecule has 0 aliphatic carbocycles. The van der Waals surface area contributed by atoms with E-state index in [1.165, 1.54) is 42.1 Å². The lowest BCUT2D eigenvalue weighted by Crippen LogP contribution is -2.43. The normalized spacial score (nSPS) is 11.3. The molecule has 0 saturated carbocycles. The van der Waals surface area contributed by atoms with E-state index in [2.05, 4.69) is 5.16 Å². The number of hydrogen-bond acceptors (Lipinski definition) is 5. The van der Waals surface area contributed by atoms with Gasteiger partial charge in [-0.3, -0.25) is 9.36 Å². The molecule has 0 aliphatic heterocycles. The third-order valence-electron chi connectivity index (χ3n) is 4.10. The van der Waals surface area contributed by atoms with Crippen molar-refractivity contribution in [3.63, 3.8) is 0 Å². The van der Waals surface area contributed by atoms with Gasteiger partial charge in [-0.05, 0) is 29.8 Å². The zero-order valence-electron chi connectivity index (χ0n) is 15.4. The molecule has 0 saturated heterocycles. The molecule has 9 heteroatoms. The van der Waals surface area contributed by atoms with Crippen LogP contribution in [0.25, 0.3) is 0 Å². The molecule has 3 aromatic rings. The summed E-state index contributed by atoms with van der Waals surface area (Å²) in [5.74, 6) is -1.09. The van der Waals surface area contributed by atoms with E-state index in [0.717, 1.165) is 10.1 Å². The van der Waals surface area contributed by atoms with E-state index in [9.17, 15) is 14.4 Å². The smallest absolute Gasteiger partial charge is 0.365 e. The molecular weight excluding hydrogens is 396 g/mol. The van der Waals surface area contributed by atoms with Gasteiger partial charge in [-0.1, -0.05) is 47.1 Å². The number of aryl methyl sites for hydroxylation is 1. The molecule has 0 bridgehead atoms. The van der Waals surface area contributed by atoms with Crippen LogP contribution in [-0.2, 0) is 18.4 Å². The highest BCUT2D eigenvalue weighted by molar-refractivity contribution is 6.30. The van der Waals surface area contributed by atoms with Gasteiger partial charge in [0, 0.05) is 18.3 Å². The number of nitrogens with two attached hydrogens (primary N) is 1. The van der Waals surface area contributed by atoms with Crippen molar-refractivity contribution in [1.82, 2.24) is 9.13 Å². The van der Waals surface area contributed by atoms with Gasteiger partial charge in [0.15, 0.2) is 5.84 Å². The Morgan fingerprint density at radius 2 is 1.76 bits per heavy atom. The van der Waals surface area contributed by atoms with Gasteiger partial charge in [0.2, 0.25) is 0 Å². The minimum absolute atomic E-state index is 0.0630. The lowest BCUT2D eigenvalue weighted by atomic mass is 10.2. The first-order valence-electron chi connectivity index (χ1n) is 8.52. The summed E-state index contributed by atoms with van der Waals surface area (Å²) in [4.78, 5) is 42.0. The van der Waals surface area contributed by atoms with E-state index in [1.54, 1.807) is 24.3 Å². The Kier molecular flexibility index (Phi) is 5.94. The molecule has 2 N–H and O–H groups in total. The SMILES string of the molecule is Cn1cc(/C(N)=N/OC(=O)c2ccc(Cl)cc2)c(=O)n(Cc2ccccc2)c1=O. The maximum Gasteiger partial charge on any atom is 0.365 e. The molecule has 8 nitrogen and oxygen atoms in total. The average molecular weight is 413 g/mol. The van der Waals surface area contributed by atoms with Gasteiger partial charge in [0.05, 0.1) is 12.1 Å². The van der Waals surface area contributed by atoms with Crippen LogP contribution >= 0.6 is 11.6 Å². The van der Waals surface area contributed by atoms with Crippen LogP contribution < -0.4 is 17.0 Å². The number of oxime groups is 1. The Morgan fingerprint density at radius 1 is 1.10 bits per heavy atom. The number of carbonyl (C=O) groups is 1. The molecule has 0 spiro atoms. The molecule has 0 fully saturated rings. The average Bonchev–Trinajstić information content (AvgIpc) is 2.73. The van der Waals surface area contributed by atoms with Crippen LogP contribution in [0.4, 0.5) is 0 Å². The van der Waals surface area contributed by atoms with Crippen molar-refractivity contribution < 1.29 is 9.63 Å². The number of aromatic nitrogens is 2. The minimum Gasteiger partial charge on any atom is -0.380 e. The van der Waals surface area contributed by atoms with Gasteiger partial charge in [-0.15, -0.1) is 0 Å². The van der Waals surface area contributed by atoms with Crippen molar-refractivity contribution in [3.05, 3.63) is 103 Å². The number of carbonyl (C=O) groups excluding carboxylic acids is 1. The number of rotatable bonds is 5. The fourth-order valence-corrected chi connectivity index (χ4v) is 2.71. The van der Waals surface area contributed by atoms with Crippen molar-refractivity contribution in [2.45, 2.75) is 6.54 Å². The molecule has 1 heterocycles. The van der Waals surface area contributed by atoms with Crippen LogP contribution in [0.3, 0.4) is 0 Å². The van der Waals surface area contributed by atoms with Gasteiger partial charge >= 0.3 is 11.7 Å². The number of hydrogen-bond donors (Lipinski definition) is 1. The van der Waals surface area contributed by atoms with Crippen molar-refractivity contribution in [3.8, 4) is 0 Å². The van der Waals surface area contributed by atoms with E-state index in [0.29, 0.717) is 5.02 Å². The van der Waals surface area contributed by atoms with Gasteiger partial charge in [-0.25, -0.2) is 9.59 Å². The Morgan fingerprint density at radius 3 is 2.41 bits per heavy atom. The summed E-state index contributed by atoms with van der Waals surface area (Å²) in [7, 11) is 1.49. The highest BCUT2D eigenvalue weighted by atomic mass is 35.5. The van der Waals surface area contributed by atoms with Gasteiger partial charge in [0.25, 0.3) is 5.56 Å². The van der Waals surface area contributed by atoms with Crippen molar-refractivity contribution in [2.24, 2.45) is 17.9 Å². The van der Waals surface area contributed by atoms with Gasteiger partial charge in [-0.2, -0.15) is 0 Å². The summed E-state index contributed by atoms with van der Waals surface area (Å²) in [6.45, 7) is 0.0675. The second-order valence-corrected chi connectivity index (χ2v) is 6.61. The molecule has 29 heavy (non-hydrogen) atoms. The molecule has 1 aromatic heterocycles. The van der Waals surface area contributed by atoms with Crippen LogP contribution in [0.5, 0.6) is 0 Å².